The molecule has 0 spiro atoms. The normalized spacial score (nSPS) is 12.5. The highest BCUT2D eigenvalue weighted by atomic mass is 16.5. The molecule has 0 bridgehead atoms. The lowest BCUT2D eigenvalue weighted by Crippen LogP contribution is -1.99. The minimum atomic E-state index is 0.766. The first kappa shape index (κ1) is 16.7. The van der Waals surface area contributed by atoms with Gasteiger partial charge in [0.15, 0.2) is 5.76 Å². The van der Waals surface area contributed by atoms with Crippen LogP contribution in [0.15, 0.2) is 96.0 Å². The second-order valence-electron chi connectivity index (χ2n) is 5.68. The molecule has 0 amide bonds. The Kier molecular flexibility index (Phi) is 5.43. The average Bonchev–Trinajstić information content (AvgIpc) is 2.70. The number of benzene rings is 3. The van der Waals surface area contributed by atoms with Crippen LogP contribution in [0.2, 0.25) is 0 Å². The van der Waals surface area contributed by atoms with Gasteiger partial charge in [-0.3, -0.25) is 0 Å². The smallest absolute Gasteiger partial charge is 0.152 e. The maximum absolute atomic E-state index is 5.76. The SMILES string of the molecule is CO/C(=C(\N=C(C)c1ccccc1)c1ccccc1)c1ccccc1. The monoisotopic (exact) mass is 327 g/mol. The van der Waals surface area contributed by atoms with Gasteiger partial charge in [-0.05, 0) is 12.5 Å². The first-order chi connectivity index (χ1) is 12.3. The van der Waals surface area contributed by atoms with Gasteiger partial charge in [-0.2, -0.15) is 0 Å². The molecular formula is C23H21NO. The highest BCUT2D eigenvalue weighted by molar-refractivity contribution is 6.04. The topological polar surface area (TPSA) is 21.6 Å². The molecule has 0 aliphatic carbocycles. The van der Waals surface area contributed by atoms with Crippen LogP contribution in [-0.4, -0.2) is 12.8 Å². The van der Waals surface area contributed by atoms with Gasteiger partial charge in [0.2, 0.25) is 0 Å². The van der Waals surface area contributed by atoms with Crippen molar-refractivity contribution in [3.63, 3.8) is 0 Å². The van der Waals surface area contributed by atoms with Gasteiger partial charge in [0.05, 0.1) is 7.11 Å². The summed E-state index contributed by atoms with van der Waals surface area (Å²) in [6.07, 6.45) is 0. The molecular weight excluding hydrogens is 306 g/mol. The molecule has 25 heavy (non-hydrogen) atoms. The number of methoxy groups -OCH3 is 1. The van der Waals surface area contributed by atoms with E-state index in [0.717, 1.165) is 33.9 Å². The quantitative estimate of drug-likeness (QED) is 0.336. The number of aliphatic imine (C=N–C) groups is 1. The molecule has 124 valence electrons. The highest BCUT2D eigenvalue weighted by Gasteiger charge is 2.12. The van der Waals surface area contributed by atoms with Crippen molar-refractivity contribution in [1.29, 1.82) is 0 Å². The zero-order chi connectivity index (χ0) is 17.5. The fourth-order valence-electron chi connectivity index (χ4n) is 2.69. The summed E-state index contributed by atoms with van der Waals surface area (Å²) in [6, 6.07) is 30.4. The van der Waals surface area contributed by atoms with Gasteiger partial charge in [0.25, 0.3) is 0 Å². The lowest BCUT2D eigenvalue weighted by Gasteiger charge is -2.13. The van der Waals surface area contributed by atoms with Crippen LogP contribution in [0.1, 0.15) is 23.6 Å². The van der Waals surface area contributed by atoms with Crippen molar-refractivity contribution in [2.24, 2.45) is 4.99 Å². The van der Waals surface area contributed by atoms with Crippen LogP contribution in [-0.2, 0) is 4.74 Å². The number of hydrogen-bond acceptors (Lipinski definition) is 2. The molecule has 0 atom stereocenters. The molecule has 0 radical (unpaired) electrons. The van der Waals surface area contributed by atoms with E-state index in [1.165, 1.54) is 0 Å². The van der Waals surface area contributed by atoms with Crippen LogP contribution in [0, 0.1) is 0 Å². The van der Waals surface area contributed by atoms with Crippen LogP contribution >= 0.6 is 0 Å². The van der Waals surface area contributed by atoms with Gasteiger partial charge in [0, 0.05) is 16.8 Å². The zero-order valence-corrected chi connectivity index (χ0v) is 14.5. The van der Waals surface area contributed by atoms with E-state index in [-0.39, 0.29) is 0 Å². The summed E-state index contributed by atoms with van der Waals surface area (Å²) >= 11 is 0. The Bertz CT molecular complexity index is 866. The Morgan fingerprint density at radius 1 is 0.640 bits per heavy atom. The third kappa shape index (κ3) is 4.04. The predicted octanol–water partition coefficient (Wildman–Crippen LogP) is 5.67. The third-order valence-electron chi connectivity index (χ3n) is 3.97. The van der Waals surface area contributed by atoms with E-state index in [2.05, 4.69) is 24.3 Å². The molecule has 0 heterocycles. The van der Waals surface area contributed by atoms with Gasteiger partial charge < -0.3 is 4.74 Å². The van der Waals surface area contributed by atoms with Crippen molar-refractivity contribution in [1.82, 2.24) is 0 Å². The summed E-state index contributed by atoms with van der Waals surface area (Å²) in [5.41, 5.74) is 4.91. The molecule has 0 saturated heterocycles. The van der Waals surface area contributed by atoms with Crippen molar-refractivity contribution < 1.29 is 4.74 Å². The number of ether oxygens (including phenoxy) is 1. The third-order valence-corrected chi connectivity index (χ3v) is 3.97. The molecule has 3 rings (SSSR count). The molecule has 0 fully saturated rings. The lowest BCUT2D eigenvalue weighted by atomic mass is 10.1. The van der Waals surface area contributed by atoms with Crippen LogP contribution in [0.4, 0.5) is 0 Å². The highest BCUT2D eigenvalue weighted by Crippen LogP contribution is 2.28. The second-order valence-corrected chi connectivity index (χ2v) is 5.68. The maximum atomic E-state index is 5.76. The van der Waals surface area contributed by atoms with Gasteiger partial charge in [-0.25, -0.2) is 4.99 Å². The van der Waals surface area contributed by atoms with Crippen LogP contribution in [0.3, 0.4) is 0 Å². The van der Waals surface area contributed by atoms with E-state index in [4.69, 9.17) is 9.73 Å². The lowest BCUT2D eigenvalue weighted by molar-refractivity contribution is 0.371. The van der Waals surface area contributed by atoms with Gasteiger partial charge in [0.1, 0.15) is 5.70 Å². The van der Waals surface area contributed by atoms with Crippen molar-refractivity contribution in [3.05, 3.63) is 108 Å². The van der Waals surface area contributed by atoms with E-state index in [0.29, 0.717) is 0 Å². The Morgan fingerprint density at radius 2 is 1.08 bits per heavy atom. The average molecular weight is 327 g/mol. The fraction of sp³-hybridized carbons (Fsp3) is 0.0870. The molecule has 0 aliphatic heterocycles. The molecule has 3 aromatic rings. The Morgan fingerprint density at radius 3 is 1.56 bits per heavy atom. The zero-order valence-electron chi connectivity index (χ0n) is 14.5. The molecule has 0 saturated carbocycles. The Labute approximate surface area is 149 Å². The second kappa shape index (κ2) is 8.11. The maximum Gasteiger partial charge on any atom is 0.152 e. The minimum absolute atomic E-state index is 0.766. The van der Waals surface area contributed by atoms with Crippen LogP contribution < -0.4 is 0 Å². The number of hydrogen-bond donors (Lipinski definition) is 0. The fourth-order valence-corrected chi connectivity index (χ4v) is 2.69. The van der Waals surface area contributed by atoms with E-state index >= 15 is 0 Å². The minimum Gasteiger partial charge on any atom is -0.494 e. The number of rotatable bonds is 5. The van der Waals surface area contributed by atoms with E-state index in [1.54, 1.807) is 7.11 Å². The van der Waals surface area contributed by atoms with Crippen molar-refractivity contribution in [2.75, 3.05) is 7.11 Å². The Hall–Kier alpha value is -3.13. The molecule has 0 unspecified atom stereocenters. The Balaban J connectivity index is 2.18. The number of nitrogens with zero attached hydrogens (tertiary/aromatic N) is 1. The van der Waals surface area contributed by atoms with Crippen LogP contribution in [0.25, 0.3) is 11.5 Å². The summed E-state index contributed by atoms with van der Waals surface area (Å²) in [4.78, 5) is 4.94. The van der Waals surface area contributed by atoms with Crippen molar-refractivity contribution >= 4 is 17.2 Å². The largest absolute Gasteiger partial charge is 0.494 e. The molecule has 0 N–H and O–H groups in total. The predicted molar refractivity (Wildman–Crippen MR) is 105 cm³/mol. The van der Waals surface area contributed by atoms with Crippen LogP contribution in [0.5, 0.6) is 0 Å². The van der Waals surface area contributed by atoms with Gasteiger partial charge in [-0.15, -0.1) is 0 Å². The summed E-state index contributed by atoms with van der Waals surface area (Å²) < 4.78 is 5.76. The summed E-state index contributed by atoms with van der Waals surface area (Å²) in [7, 11) is 1.69. The van der Waals surface area contributed by atoms with Gasteiger partial charge in [-0.1, -0.05) is 91.0 Å². The molecule has 0 aromatic heterocycles. The summed E-state index contributed by atoms with van der Waals surface area (Å²) in [5, 5.41) is 0. The van der Waals surface area contributed by atoms with E-state index in [9.17, 15) is 0 Å². The van der Waals surface area contributed by atoms with E-state index in [1.807, 2.05) is 73.7 Å². The molecule has 0 aliphatic rings. The van der Waals surface area contributed by atoms with Crippen molar-refractivity contribution in [3.8, 4) is 0 Å². The van der Waals surface area contributed by atoms with E-state index < -0.39 is 0 Å². The summed E-state index contributed by atoms with van der Waals surface area (Å²) in [6.45, 7) is 2.02. The molecule has 3 aromatic carbocycles. The first-order valence-electron chi connectivity index (χ1n) is 8.29. The van der Waals surface area contributed by atoms with Crippen molar-refractivity contribution in [2.45, 2.75) is 6.92 Å². The first-order valence-corrected chi connectivity index (χ1v) is 8.29. The van der Waals surface area contributed by atoms with Gasteiger partial charge >= 0.3 is 0 Å². The molecule has 2 heteroatoms. The summed E-state index contributed by atoms with van der Waals surface area (Å²) in [5.74, 6) is 0.766. The standard InChI is InChI=1S/C23H21NO/c1-18(19-12-6-3-7-13-19)24-22(20-14-8-4-9-15-20)23(25-2)21-16-10-5-11-17-21/h3-17H,1-2H3/b23-22-,24-18?. The molecule has 2 nitrogen and oxygen atoms in total.